The van der Waals surface area contributed by atoms with Gasteiger partial charge < -0.3 is 44.5 Å². The van der Waals surface area contributed by atoms with Crippen molar-refractivity contribution in [2.24, 2.45) is 0 Å². The maximum absolute atomic E-state index is 13.8. The second kappa shape index (κ2) is 17.5. The van der Waals surface area contributed by atoms with E-state index in [0.717, 1.165) is 98.4 Å². The van der Waals surface area contributed by atoms with Crippen LogP contribution in [0.2, 0.25) is 5.02 Å². The number of aliphatic hydroxyl groups is 1. The van der Waals surface area contributed by atoms with Crippen LogP contribution in [0.4, 0.5) is 23.1 Å². The summed E-state index contributed by atoms with van der Waals surface area (Å²) < 4.78 is 13.9. The van der Waals surface area contributed by atoms with Crippen molar-refractivity contribution >= 4 is 63.2 Å². The molecule has 2 unspecified atom stereocenters. The zero-order chi connectivity index (χ0) is 43.2. The van der Waals surface area contributed by atoms with Gasteiger partial charge in [-0.15, -0.1) is 0 Å². The summed E-state index contributed by atoms with van der Waals surface area (Å²) in [5.41, 5.74) is 3.81. The number of hydrogen-bond acceptors (Lipinski definition) is 13. The number of ether oxygens (including phenoxy) is 2. The van der Waals surface area contributed by atoms with E-state index in [1.54, 1.807) is 21.7 Å². The lowest BCUT2D eigenvalue weighted by Crippen LogP contribution is -2.56. The number of carbonyl (C=O) groups is 3. The quantitative estimate of drug-likeness (QED) is 0.174. The van der Waals surface area contributed by atoms with Crippen LogP contribution < -0.4 is 30.7 Å². The van der Waals surface area contributed by atoms with Crippen LogP contribution in [0.25, 0.3) is 10.9 Å². The van der Waals surface area contributed by atoms with Crippen LogP contribution in [0.5, 0.6) is 5.75 Å². The molecule has 2 amide bonds. The van der Waals surface area contributed by atoms with Crippen molar-refractivity contribution in [2.45, 2.75) is 109 Å². The van der Waals surface area contributed by atoms with E-state index in [1.165, 1.54) is 6.92 Å². The normalized spacial score (nSPS) is 23.4. The smallest absolute Gasteiger partial charge is 0.293 e. The van der Waals surface area contributed by atoms with Gasteiger partial charge in [-0.3, -0.25) is 24.1 Å². The first-order valence-electron chi connectivity index (χ1n) is 21.8. The molecule has 2 atom stereocenters. The molecule has 4 aromatic rings. The molecule has 1 aliphatic carbocycles. The molecule has 3 N–H and O–H groups in total. The van der Waals surface area contributed by atoms with Gasteiger partial charge in [0.2, 0.25) is 11.9 Å². The minimum Gasteiger partial charge on any atom is -0.480 e. The van der Waals surface area contributed by atoms with Crippen LogP contribution >= 0.6 is 11.6 Å². The summed E-state index contributed by atoms with van der Waals surface area (Å²) >= 11 is 6.60. The van der Waals surface area contributed by atoms with E-state index in [9.17, 15) is 24.3 Å². The number of anilines is 4. The van der Waals surface area contributed by atoms with Crippen molar-refractivity contribution < 1.29 is 29.0 Å². The first-order valence-corrected chi connectivity index (χ1v) is 22.2. The molecular weight excluding hydrogens is 814 g/mol. The molecule has 4 fully saturated rings. The van der Waals surface area contributed by atoms with E-state index >= 15 is 0 Å². The highest BCUT2D eigenvalue weighted by Crippen LogP contribution is 2.38. The molecule has 9 rings (SSSR count). The highest BCUT2D eigenvalue weighted by atomic mass is 35.5. The Bertz CT molecular complexity index is 2430. The van der Waals surface area contributed by atoms with Gasteiger partial charge in [0.1, 0.15) is 17.9 Å². The fourth-order valence-corrected chi connectivity index (χ4v) is 9.79. The van der Waals surface area contributed by atoms with Crippen molar-refractivity contribution in [2.75, 3.05) is 54.6 Å². The minimum absolute atomic E-state index is 0.0770. The maximum Gasteiger partial charge on any atom is 0.293 e. The van der Waals surface area contributed by atoms with Gasteiger partial charge in [0.15, 0.2) is 17.4 Å². The van der Waals surface area contributed by atoms with Crippen molar-refractivity contribution in [1.29, 1.82) is 0 Å². The average Bonchev–Trinajstić information content (AvgIpc) is 3.57. The molecule has 0 bridgehead atoms. The van der Waals surface area contributed by atoms with Crippen molar-refractivity contribution in [3.8, 4) is 5.75 Å². The van der Waals surface area contributed by atoms with E-state index < -0.39 is 12.3 Å². The molecule has 3 saturated heterocycles. The number of rotatable bonds is 12. The topological polar surface area (TPSA) is 175 Å². The SMILES string of the molecule is CC(=O)COc1cc2cc(Nc3nc(N4CCC(O[C@H]5C[C@H](N6CCCN(c7cccc8c7C(=O)N(C7CCC(=O)NC7O)C8)C6)C5)CC4)ncc3Cl)ccc2n(C(C)C)c1=O. The Morgan fingerprint density at radius 2 is 1.82 bits per heavy atom. The standard InChI is InChI=1S/C45H54ClN9O7/c1-26(2)55-35-9-8-30(18-29(35)19-38(43(55)59)61-24-27(3)56)48-41-34(46)22-47-45(50-41)51-16-12-32(13-17-51)62-33-20-31(21-33)52-14-5-15-53(25-52)36-7-4-6-28-23-54(44(60)40(28)36)37-10-11-39(57)49-42(37)58/h4,6-9,18-19,22,26,31-33,37,42,58H,5,10-17,20-21,23-25H2,1-3H3,(H,49,57)(H,47,48,50)/t31-,33-,37?,42?. The zero-order valence-electron chi connectivity index (χ0n) is 35.4. The van der Waals surface area contributed by atoms with Gasteiger partial charge in [0, 0.05) is 62.3 Å². The Kier molecular flexibility index (Phi) is 11.8. The molecule has 2 aromatic carbocycles. The van der Waals surface area contributed by atoms with Crippen LogP contribution in [0, 0.1) is 0 Å². The number of Topliss-reactive ketones (excluding diaryl/α,β-unsaturated/α-hetero) is 1. The van der Waals surface area contributed by atoms with Gasteiger partial charge >= 0.3 is 0 Å². The third-order valence-corrected chi connectivity index (χ3v) is 13.2. The van der Waals surface area contributed by atoms with Crippen LogP contribution in [0.1, 0.15) is 87.7 Å². The second-order valence-electron chi connectivity index (χ2n) is 17.5. The molecule has 2 aromatic heterocycles. The summed E-state index contributed by atoms with van der Waals surface area (Å²) in [6.45, 7) is 9.66. The van der Waals surface area contributed by atoms with Gasteiger partial charge in [0.25, 0.3) is 11.5 Å². The number of hydrogen-bond donors (Lipinski definition) is 3. The van der Waals surface area contributed by atoms with E-state index in [4.69, 9.17) is 26.1 Å². The molecule has 328 valence electrons. The highest BCUT2D eigenvalue weighted by molar-refractivity contribution is 6.33. The van der Waals surface area contributed by atoms with Crippen LogP contribution in [0.15, 0.2) is 53.5 Å². The first-order chi connectivity index (χ1) is 29.9. The number of pyridine rings is 1. The van der Waals surface area contributed by atoms with Crippen LogP contribution in [-0.2, 0) is 20.9 Å². The predicted octanol–water partition coefficient (Wildman–Crippen LogP) is 4.98. The lowest BCUT2D eigenvalue weighted by Gasteiger charge is -2.48. The molecule has 1 saturated carbocycles. The molecular formula is C45H54ClN9O7. The van der Waals surface area contributed by atoms with Crippen LogP contribution in [0.3, 0.4) is 0 Å². The molecule has 6 heterocycles. The van der Waals surface area contributed by atoms with Crippen LogP contribution in [-0.4, -0.2) is 117 Å². The number of fused-ring (bicyclic) bond motifs is 2. The summed E-state index contributed by atoms with van der Waals surface area (Å²) in [4.78, 5) is 68.5. The fraction of sp³-hybridized carbons (Fsp3) is 0.511. The number of carbonyl (C=O) groups excluding carboxylic acids is 3. The average molecular weight is 868 g/mol. The largest absolute Gasteiger partial charge is 0.480 e. The molecule has 17 heteroatoms. The molecule has 16 nitrogen and oxygen atoms in total. The molecule has 62 heavy (non-hydrogen) atoms. The predicted molar refractivity (Wildman–Crippen MR) is 235 cm³/mol. The first kappa shape index (κ1) is 42.0. The minimum atomic E-state index is -1.06. The number of benzene rings is 2. The lowest BCUT2D eigenvalue weighted by molar-refractivity contribution is -0.129. The fourth-order valence-electron chi connectivity index (χ4n) is 9.65. The Morgan fingerprint density at radius 1 is 1.02 bits per heavy atom. The Labute approximate surface area is 365 Å². The number of ketones is 1. The van der Waals surface area contributed by atoms with E-state index in [1.807, 2.05) is 50.2 Å². The van der Waals surface area contributed by atoms with Crippen molar-refractivity contribution in [3.05, 3.63) is 75.2 Å². The number of piperidine rings is 2. The number of amides is 2. The summed E-state index contributed by atoms with van der Waals surface area (Å²) in [6, 6.07) is 13.2. The monoisotopic (exact) mass is 867 g/mol. The molecule has 4 aliphatic heterocycles. The van der Waals surface area contributed by atoms with Crippen molar-refractivity contribution in [1.82, 2.24) is 29.7 Å². The number of halogens is 1. The summed E-state index contributed by atoms with van der Waals surface area (Å²) in [7, 11) is 0. The van der Waals surface area contributed by atoms with Gasteiger partial charge in [-0.2, -0.15) is 4.98 Å². The van der Waals surface area contributed by atoms with E-state index in [-0.39, 0.29) is 53.8 Å². The Balaban J connectivity index is 0.776. The summed E-state index contributed by atoms with van der Waals surface area (Å²) in [5, 5.41) is 17.6. The van der Waals surface area contributed by atoms with E-state index in [2.05, 4.69) is 30.3 Å². The summed E-state index contributed by atoms with van der Waals surface area (Å²) in [5.74, 6) is 0.740. The highest BCUT2D eigenvalue weighted by Gasteiger charge is 2.42. The number of aromatic nitrogens is 3. The molecule has 0 radical (unpaired) electrons. The number of aliphatic hydroxyl groups excluding tert-OH is 1. The summed E-state index contributed by atoms with van der Waals surface area (Å²) in [6.07, 6.45) is 6.33. The van der Waals surface area contributed by atoms with Gasteiger partial charge in [0.05, 0.1) is 47.9 Å². The molecule has 0 spiro atoms. The van der Waals surface area contributed by atoms with E-state index in [0.29, 0.717) is 42.2 Å². The lowest BCUT2D eigenvalue weighted by atomic mass is 9.87. The number of nitrogens with zero attached hydrogens (tertiary/aromatic N) is 7. The Morgan fingerprint density at radius 3 is 2.58 bits per heavy atom. The number of nitrogens with one attached hydrogen (secondary N) is 2. The van der Waals surface area contributed by atoms with Gasteiger partial charge in [-0.05, 0) is 95.2 Å². The third kappa shape index (κ3) is 8.44. The maximum atomic E-state index is 13.8. The second-order valence-corrected chi connectivity index (χ2v) is 17.9. The van der Waals surface area contributed by atoms with Gasteiger partial charge in [-0.25, -0.2) is 4.98 Å². The Hall–Kier alpha value is -5.29. The third-order valence-electron chi connectivity index (χ3n) is 12.9. The van der Waals surface area contributed by atoms with Gasteiger partial charge in [-0.1, -0.05) is 23.7 Å². The van der Waals surface area contributed by atoms with Crippen molar-refractivity contribution in [3.63, 3.8) is 0 Å². The molecule has 5 aliphatic rings. The zero-order valence-corrected chi connectivity index (χ0v) is 36.1.